The van der Waals surface area contributed by atoms with Crippen LogP contribution in [0.25, 0.3) is 17.2 Å². The summed E-state index contributed by atoms with van der Waals surface area (Å²) >= 11 is 0. The van der Waals surface area contributed by atoms with Crippen LogP contribution in [0, 0.1) is 0 Å². The minimum absolute atomic E-state index is 0.0126. The van der Waals surface area contributed by atoms with Crippen LogP contribution >= 0.6 is 0 Å². The fraction of sp³-hybridized carbons (Fsp3) is 0. The Kier molecular flexibility index (Phi) is 4.34. The summed E-state index contributed by atoms with van der Waals surface area (Å²) in [7, 11) is 0. The fourth-order valence-electron chi connectivity index (χ4n) is 2.33. The predicted octanol–water partition coefficient (Wildman–Crippen LogP) is 4.83. The summed E-state index contributed by atoms with van der Waals surface area (Å²) in [5.41, 5.74) is 10.2. The van der Waals surface area contributed by atoms with Crippen molar-refractivity contribution in [3.05, 3.63) is 96.1 Å². The highest BCUT2D eigenvalue weighted by atomic mass is 16.1. The molecule has 0 saturated carbocycles. The number of rotatable bonds is 4. The summed E-state index contributed by atoms with van der Waals surface area (Å²) in [6.45, 7) is 0. The van der Waals surface area contributed by atoms with Crippen LogP contribution in [0.1, 0.15) is 15.9 Å². The molecule has 3 rings (SSSR count). The Morgan fingerprint density at radius 3 is 2.00 bits per heavy atom. The van der Waals surface area contributed by atoms with E-state index >= 15 is 0 Å². The summed E-state index contributed by atoms with van der Waals surface area (Å²) in [5.74, 6) is -0.0126. The lowest BCUT2D eigenvalue weighted by molar-refractivity contribution is 0.104. The third-order valence-electron chi connectivity index (χ3n) is 3.64. The number of nitrogen functional groups attached to an aromatic ring is 1. The second-order valence-electron chi connectivity index (χ2n) is 5.31. The first kappa shape index (κ1) is 14.8. The molecule has 23 heavy (non-hydrogen) atoms. The number of allylic oxidation sites excluding steroid dienone is 1. The van der Waals surface area contributed by atoms with Crippen molar-refractivity contribution < 1.29 is 4.79 Å². The van der Waals surface area contributed by atoms with Gasteiger partial charge in [-0.05, 0) is 34.9 Å². The van der Waals surface area contributed by atoms with E-state index in [4.69, 9.17) is 5.73 Å². The zero-order valence-corrected chi connectivity index (χ0v) is 12.6. The van der Waals surface area contributed by atoms with E-state index < -0.39 is 0 Å². The van der Waals surface area contributed by atoms with Gasteiger partial charge in [-0.3, -0.25) is 4.79 Å². The monoisotopic (exact) mass is 299 g/mol. The Balaban J connectivity index is 1.74. The molecule has 0 spiro atoms. The summed E-state index contributed by atoms with van der Waals surface area (Å²) in [6.07, 6.45) is 3.38. The third-order valence-corrected chi connectivity index (χ3v) is 3.64. The van der Waals surface area contributed by atoms with Crippen LogP contribution in [-0.4, -0.2) is 5.78 Å². The molecule has 112 valence electrons. The van der Waals surface area contributed by atoms with Crippen molar-refractivity contribution in [1.82, 2.24) is 0 Å². The van der Waals surface area contributed by atoms with E-state index in [0.717, 1.165) is 16.7 Å². The Hall–Kier alpha value is -3.13. The first-order valence-corrected chi connectivity index (χ1v) is 7.46. The minimum Gasteiger partial charge on any atom is -0.399 e. The highest BCUT2D eigenvalue weighted by molar-refractivity contribution is 6.07. The summed E-state index contributed by atoms with van der Waals surface area (Å²) in [4.78, 5) is 12.2. The molecule has 3 aromatic carbocycles. The normalized spacial score (nSPS) is 10.8. The molecule has 0 aliphatic carbocycles. The van der Waals surface area contributed by atoms with Gasteiger partial charge in [0.2, 0.25) is 0 Å². The molecule has 0 heterocycles. The van der Waals surface area contributed by atoms with Crippen LogP contribution in [0.15, 0.2) is 84.9 Å². The Morgan fingerprint density at radius 2 is 1.35 bits per heavy atom. The van der Waals surface area contributed by atoms with E-state index in [2.05, 4.69) is 12.1 Å². The van der Waals surface area contributed by atoms with Crippen LogP contribution in [0.3, 0.4) is 0 Å². The molecule has 0 amide bonds. The van der Waals surface area contributed by atoms with Crippen molar-refractivity contribution in [1.29, 1.82) is 0 Å². The molecule has 2 nitrogen and oxygen atoms in total. The number of nitrogens with two attached hydrogens (primary N) is 1. The smallest absolute Gasteiger partial charge is 0.185 e. The van der Waals surface area contributed by atoms with Gasteiger partial charge in [-0.2, -0.15) is 0 Å². The van der Waals surface area contributed by atoms with Gasteiger partial charge in [0.15, 0.2) is 5.78 Å². The van der Waals surface area contributed by atoms with E-state index in [1.807, 2.05) is 66.7 Å². The summed E-state index contributed by atoms with van der Waals surface area (Å²) in [5, 5.41) is 0. The van der Waals surface area contributed by atoms with Gasteiger partial charge in [0, 0.05) is 11.3 Å². The van der Waals surface area contributed by atoms with Gasteiger partial charge in [0.05, 0.1) is 0 Å². The maximum atomic E-state index is 12.2. The number of carbonyl (C=O) groups is 1. The molecule has 0 aromatic heterocycles. The highest BCUT2D eigenvalue weighted by Gasteiger charge is 2.03. The maximum absolute atomic E-state index is 12.2. The molecule has 0 radical (unpaired) electrons. The number of hydrogen-bond donors (Lipinski definition) is 1. The van der Waals surface area contributed by atoms with Gasteiger partial charge in [0.1, 0.15) is 0 Å². The van der Waals surface area contributed by atoms with Crippen molar-refractivity contribution in [2.75, 3.05) is 5.73 Å². The second-order valence-corrected chi connectivity index (χ2v) is 5.31. The van der Waals surface area contributed by atoms with Gasteiger partial charge in [0.25, 0.3) is 0 Å². The van der Waals surface area contributed by atoms with Crippen LogP contribution in [-0.2, 0) is 0 Å². The average Bonchev–Trinajstić information content (AvgIpc) is 2.62. The summed E-state index contributed by atoms with van der Waals surface area (Å²) < 4.78 is 0. The third kappa shape index (κ3) is 3.74. The van der Waals surface area contributed by atoms with Gasteiger partial charge >= 0.3 is 0 Å². The lowest BCUT2D eigenvalue weighted by Gasteiger charge is -2.02. The highest BCUT2D eigenvalue weighted by Crippen LogP contribution is 2.19. The van der Waals surface area contributed by atoms with Gasteiger partial charge in [-0.1, -0.05) is 72.8 Å². The Bertz CT molecular complexity index is 816. The molecule has 0 fully saturated rings. The Labute approximate surface area is 135 Å². The zero-order chi connectivity index (χ0) is 16.1. The number of anilines is 1. The Morgan fingerprint density at radius 1 is 0.739 bits per heavy atom. The SMILES string of the molecule is Nc1ccc(/C=C/C(=O)c2ccc(-c3ccccc3)cc2)cc1. The van der Waals surface area contributed by atoms with E-state index in [1.54, 1.807) is 12.2 Å². The van der Waals surface area contributed by atoms with E-state index in [0.29, 0.717) is 11.3 Å². The number of ketones is 1. The molecule has 2 heteroatoms. The van der Waals surface area contributed by atoms with Gasteiger partial charge in [-0.25, -0.2) is 0 Å². The number of carbonyl (C=O) groups excluding carboxylic acids is 1. The molecule has 0 saturated heterocycles. The molecule has 0 aliphatic rings. The van der Waals surface area contributed by atoms with E-state index in [1.165, 1.54) is 0 Å². The lowest BCUT2D eigenvalue weighted by Crippen LogP contribution is -1.93. The molecule has 0 atom stereocenters. The van der Waals surface area contributed by atoms with Gasteiger partial charge < -0.3 is 5.73 Å². The molecule has 3 aromatic rings. The molecule has 0 bridgehead atoms. The standard InChI is InChI=1S/C21H17NO/c22-20-13-6-16(7-14-20)8-15-21(23)19-11-9-18(10-12-19)17-4-2-1-3-5-17/h1-15H,22H2/b15-8+. The van der Waals surface area contributed by atoms with Crippen molar-refractivity contribution in [2.45, 2.75) is 0 Å². The molecule has 0 unspecified atom stereocenters. The quantitative estimate of drug-likeness (QED) is 0.426. The second kappa shape index (κ2) is 6.75. The zero-order valence-electron chi connectivity index (χ0n) is 12.6. The summed E-state index contributed by atoms with van der Waals surface area (Å²) in [6, 6.07) is 25.2. The minimum atomic E-state index is -0.0126. The predicted molar refractivity (Wildman–Crippen MR) is 96.1 cm³/mol. The van der Waals surface area contributed by atoms with Crippen LogP contribution in [0.5, 0.6) is 0 Å². The number of benzene rings is 3. The molecule has 0 aliphatic heterocycles. The van der Waals surface area contributed by atoms with Crippen molar-refractivity contribution in [3.8, 4) is 11.1 Å². The van der Waals surface area contributed by atoms with Crippen molar-refractivity contribution in [2.24, 2.45) is 0 Å². The lowest BCUT2D eigenvalue weighted by atomic mass is 10.0. The van der Waals surface area contributed by atoms with Gasteiger partial charge in [-0.15, -0.1) is 0 Å². The van der Waals surface area contributed by atoms with Crippen molar-refractivity contribution in [3.63, 3.8) is 0 Å². The largest absolute Gasteiger partial charge is 0.399 e. The fourth-order valence-corrected chi connectivity index (χ4v) is 2.33. The van der Waals surface area contributed by atoms with Crippen LogP contribution in [0.2, 0.25) is 0 Å². The molecular weight excluding hydrogens is 282 g/mol. The van der Waals surface area contributed by atoms with E-state index in [-0.39, 0.29) is 5.78 Å². The first-order chi connectivity index (χ1) is 11.2. The molecular formula is C21H17NO. The van der Waals surface area contributed by atoms with E-state index in [9.17, 15) is 4.79 Å². The topological polar surface area (TPSA) is 43.1 Å². The number of hydrogen-bond acceptors (Lipinski definition) is 2. The average molecular weight is 299 g/mol. The first-order valence-electron chi connectivity index (χ1n) is 7.46. The van der Waals surface area contributed by atoms with Crippen LogP contribution in [0.4, 0.5) is 5.69 Å². The van der Waals surface area contributed by atoms with Crippen LogP contribution < -0.4 is 5.73 Å². The maximum Gasteiger partial charge on any atom is 0.185 e. The van der Waals surface area contributed by atoms with Crippen molar-refractivity contribution >= 4 is 17.5 Å². The molecule has 2 N–H and O–H groups in total.